The highest BCUT2D eigenvalue weighted by Gasteiger charge is 2.27. The molecular weight excluding hydrogens is 392 g/mol. The zero-order valence-electron chi connectivity index (χ0n) is 14.2. The van der Waals surface area contributed by atoms with Crippen LogP contribution in [-0.4, -0.2) is 14.3 Å². The van der Waals surface area contributed by atoms with E-state index >= 15 is 0 Å². The molecule has 0 aliphatic heterocycles. The molecule has 26 heavy (non-hydrogen) atoms. The molecule has 1 atom stereocenters. The summed E-state index contributed by atoms with van der Waals surface area (Å²) in [6.45, 7) is 0. The van der Waals surface area contributed by atoms with Crippen LogP contribution in [0.25, 0.3) is 0 Å². The molecule has 8 heteroatoms. The van der Waals surface area contributed by atoms with Gasteiger partial charge in [-0.05, 0) is 42.5 Å². The number of amides is 1. The number of hydrogen-bond acceptors (Lipinski definition) is 4. The van der Waals surface area contributed by atoms with Gasteiger partial charge in [-0.2, -0.15) is 0 Å². The van der Waals surface area contributed by atoms with Crippen molar-refractivity contribution in [3.05, 3.63) is 51.9 Å². The van der Waals surface area contributed by atoms with Gasteiger partial charge in [0.2, 0.25) is 10.0 Å². The van der Waals surface area contributed by atoms with Crippen molar-refractivity contribution < 1.29 is 13.2 Å². The highest BCUT2D eigenvalue weighted by Crippen LogP contribution is 2.35. The Morgan fingerprint density at radius 3 is 2.58 bits per heavy atom. The number of hydrogen-bond donors (Lipinski definition) is 2. The van der Waals surface area contributed by atoms with Crippen molar-refractivity contribution in [1.29, 1.82) is 0 Å². The molecule has 3 rings (SSSR count). The van der Waals surface area contributed by atoms with E-state index in [2.05, 4.69) is 5.32 Å². The molecule has 2 aromatic rings. The van der Waals surface area contributed by atoms with Crippen LogP contribution in [0.4, 0.5) is 0 Å². The molecule has 5 nitrogen and oxygen atoms in total. The maximum atomic E-state index is 12.7. The van der Waals surface area contributed by atoms with E-state index in [1.807, 2.05) is 24.3 Å². The van der Waals surface area contributed by atoms with E-state index in [9.17, 15) is 13.2 Å². The average molecular weight is 413 g/mol. The molecule has 0 saturated heterocycles. The third-order valence-corrected chi connectivity index (χ3v) is 7.35. The molecular formula is C18H21ClN2O3S2. The van der Waals surface area contributed by atoms with Gasteiger partial charge in [-0.3, -0.25) is 4.79 Å². The van der Waals surface area contributed by atoms with Gasteiger partial charge < -0.3 is 5.32 Å². The number of carbonyl (C=O) groups excluding carboxylic acids is 1. The number of nitrogens with two attached hydrogens (primary N) is 1. The number of rotatable bonds is 5. The highest BCUT2D eigenvalue weighted by molar-refractivity contribution is 7.91. The normalized spacial score (nSPS) is 17.0. The quantitative estimate of drug-likeness (QED) is 0.774. The van der Waals surface area contributed by atoms with Gasteiger partial charge in [0, 0.05) is 10.4 Å². The molecule has 1 amide bonds. The Hall–Kier alpha value is -1.41. The van der Waals surface area contributed by atoms with Crippen molar-refractivity contribution in [3.8, 4) is 0 Å². The molecule has 1 aromatic heterocycles. The number of carbonyl (C=O) groups is 1. The molecule has 1 aromatic carbocycles. The summed E-state index contributed by atoms with van der Waals surface area (Å²) in [5.41, 5.74) is 1.28. The maximum Gasteiger partial charge on any atom is 0.252 e. The maximum absolute atomic E-state index is 12.7. The van der Waals surface area contributed by atoms with Crippen LogP contribution in [0.3, 0.4) is 0 Å². The topological polar surface area (TPSA) is 89.3 Å². The SMILES string of the molecule is NS(=O)(=O)c1cc(C(=O)NC(c2cccc(Cl)c2)C2CCCCC2)cs1. The van der Waals surface area contributed by atoms with Gasteiger partial charge in [-0.1, -0.05) is 43.0 Å². The number of benzene rings is 1. The molecule has 1 saturated carbocycles. The van der Waals surface area contributed by atoms with Gasteiger partial charge >= 0.3 is 0 Å². The lowest BCUT2D eigenvalue weighted by molar-refractivity contribution is 0.0913. The standard InChI is InChI=1S/C18H21ClN2O3S2/c19-15-8-4-7-13(9-15)17(12-5-2-1-3-6-12)21-18(22)14-10-16(25-11-14)26(20,23)24/h4,7-12,17H,1-3,5-6H2,(H,21,22)(H2,20,23,24). The van der Waals surface area contributed by atoms with Crippen LogP contribution < -0.4 is 10.5 Å². The molecule has 140 valence electrons. The lowest BCUT2D eigenvalue weighted by Crippen LogP contribution is -2.34. The molecule has 1 fully saturated rings. The van der Waals surface area contributed by atoms with E-state index in [1.165, 1.54) is 17.9 Å². The summed E-state index contributed by atoms with van der Waals surface area (Å²) in [4.78, 5) is 12.7. The summed E-state index contributed by atoms with van der Waals surface area (Å²) < 4.78 is 22.9. The van der Waals surface area contributed by atoms with Crippen LogP contribution in [0.15, 0.2) is 39.9 Å². The van der Waals surface area contributed by atoms with E-state index in [0.29, 0.717) is 16.5 Å². The smallest absolute Gasteiger partial charge is 0.252 e. The largest absolute Gasteiger partial charge is 0.345 e. The Balaban J connectivity index is 1.85. The molecule has 1 unspecified atom stereocenters. The van der Waals surface area contributed by atoms with Crippen LogP contribution in [0.2, 0.25) is 5.02 Å². The Labute approximate surface area is 162 Å². The predicted molar refractivity (Wildman–Crippen MR) is 104 cm³/mol. The first-order valence-electron chi connectivity index (χ1n) is 8.52. The van der Waals surface area contributed by atoms with Crippen LogP contribution in [0.1, 0.15) is 54.1 Å². The third-order valence-electron chi connectivity index (χ3n) is 4.73. The summed E-state index contributed by atoms with van der Waals surface area (Å²) in [6, 6.07) is 8.70. The molecule has 0 radical (unpaired) electrons. The number of nitrogens with one attached hydrogen (secondary N) is 1. The summed E-state index contributed by atoms with van der Waals surface area (Å²) in [5, 5.41) is 10.4. The van der Waals surface area contributed by atoms with Crippen LogP contribution in [0.5, 0.6) is 0 Å². The lowest BCUT2D eigenvalue weighted by Gasteiger charge is -2.31. The Kier molecular flexibility index (Phi) is 6.02. The lowest BCUT2D eigenvalue weighted by atomic mass is 9.81. The van der Waals surface area contributed by atoms with Crippen LogP contribution >= 0.6 is 22.9 Å². The highest BCUT2D eigenvalue weighted by atomic mass is 35.5. The fourth-order valence-corrected chi connectivity index (χ4v) is 5.23. The Bertz CT molecular complexity index is 889. The van der Waals surface area contributed by atoms with E-state index in [4.69, 9.17) is 16.7 Å². The van der Waals surface area contributed by atoms with Crippen molar-refractivity contribution in [2.75, 3.05) is 0 Å². The number of sulfonamides is 1. The number of halogens is 1. The van der Waals surface area contributed by atoms with Crippen molar-refractivity contribution in [2.45, 2.75) is 42.4 Å². The van der Waals surface area contributed by atoms with Gasteiger partial charge in [0.15, 0.2) is 0 Å². The molecule has 1 aliphatic rings. The first kappa shape index (κ1) is 19.4. The third kappa shape index (κ3) is 4.65. The molecule has 0 spiro atoms. The van der Waals surface area contributed by atoms with Gasteiger partial charge in [-0.15, -0.1) is 11.3 Å². The van der Waals surface area contributed by atoms with E-state index < -0.39 is 10.0 Å². The molecule has 0 bridgehead atoms. The van der Waals surface area contributed by atoms with E-state index in [-0.39, 0.29) is 16.2 Å². The monoisotopic (exact) mass is 412 g/mol. The number of thiophene rings is 1. The summed E-state index contributed by atoms with van der Waals surface area (Å²) in [7, 11) is -3.80. The zero-order chi connectivity index (χ0) is 18.7. The Morgan fingerprint density at radius 2 is 1.96 bits per heavy atom. The van der Waals surface area contributed by atoms with Crippen molar-refractivity contribution in [2.24, 2.45) is 11.1 Å². The second-order valence-electron chi connectivity index (χ2n) is 6.60. The van der Waals surface area contributed by atoms with Crippen molar-refractivity contribution in [1.82, 2.24) is 5.32 Å². The van der Waals surface area contributed by atoms with Crippen molar-refractivity contribution in [3.63, 3.8) is 0 Å². The predicted octanol–water partition coefficient (Wildman–Crippen LogP) is 4.10. The Morgan fingerprint density at radius 1 is 1.23 bits per heavy atom. The van der Waals surface area contributed by atoms with E-state index in [1.54, 1.807) is 0 Å². The molecule has 1 heterocycles. The van der Waals surface area contributed by atoms with Gasteiger partial charge in [-0.25, -0.2) is 13.6 Å². The van der Waals surface area contributed by atoms with Gasteiger partial charge in [0.1, 0.15) is 4.21 Å². The fourth-order valence-electron chi connectivity index (χ4n) is 3.45. The van der Waals surface area contributed by atoms with Gasteiger partial charge in [0.25, 0.3) is 5.91 Å². The minimum atomic E-state index is -3.80. The van der Waals surface area contributed by atoms with E-state index in [0.717, 1.165) is 42.6 Å². The summed E-state index contributed by atoms with van der Waals surface area (Å²) in [6.07, 6.45) is 5.60. The number of primary sulfonamides is 1. The second-order valence-corrected chi connectivity index (χ2v) is 9.74. The minimum Gasteiger partial charge on any atom is -0.345 e. The zero-order valence-corrected chi connectivity index (χ0v) is 16.5. The van der Waals surface area contributed by atoms with Gasteiger partial charge in [0.05, 0.1) is 11.6 Å². The minimum absolute atomic E-state index is 0.0142. The second kappa shape index (κ2) is 8.08. The summed E-state index contributed by atoms with van der Waals surface area (Å²) in [5.74, 6) is 0.0363. The summed E-state index contributed by atoms with van der Waals surface area (Å²) >= 11 is 7.09. The van der Waals surface area contributed by atoms with Crippen molar-refractivity contribution >= 4 is 38.9 Å². The molecule has 1 aliphatic carbocycles. The first-order valence-corrected chi connectivity index (χ1v) is 11.3. The fraction of sp³-hybridized carbons (Fsp3) is 0.389. The van der Waals surface area contributed by atoms with Crippen LogP contribution in [-0.2, 0) is 10.0 Å². The first-order chi connectivity index (χ1) is 12.3. The van der Waals surface area contributed by atoms with Crippen LogP contribution in [0, 0.1) is 5.92 Å². The average Bonchev–Trinajstić information content (AvgIpc) is 3.11. The molecule has 3 N–H and O–H groups in total.